The van der Waals surface area contributed by atoms with E-state index in [1.165, 1.54) is 0 Å². The van der Waals surface area contributed by atoms with Gasteiger partial charge in [-0.25, -0.2) is 4.98 Å². The summed E-state index contributed by atoms with van der Waals surface area (Å²) >= 11 is 1.64. The first-order chi connectivity index (χ1) is 10.7. The third-order valence-electron chi connectivity index (χ3n) is 4.51. The van der Waals surface area contributed by atoms with Gasteiger partial charge in [0.05, 0.1) is 5.92 Å². The summed E-state index contributed by atoms with van der Waals surface area (Å²) in [5.41, 5.74) is 0. The van der Waals surface area contributed by atoms with Gasteiger partial charge in [0.1, 0.15) is 0 Å². The van der Waals surface area contributed by atoms with Gasteiger partial charge in [0.25, 0.3) is 0 Å². The first kappa shape index (κ1) is 15.3. The van der Waals surface area contributed by atoms with Crippen molar-refractivity contribution >= 4 is 28.3 Å². The van der Waals surface area contributed by atoms with E-state index in [0.717, 1.165) is 31.3 Å². The maximum absolute atomic E-state index is 12.7. The molecule has 0 spiro atoms. The average molecular weight is 322 g/mol. The van der Waals surface area contributed by atoms with Crippen LogP contribution in [-0.4, -0.2) is 65.9 Å². The summed E-state index contributed by atoms with van der Waals surface area (Å²) in [6.45, 7) is 6.41. The monoisotopic (exact) mass is 322 g/mol. The molecule has 3 heterocycles. The molecule has 22 heavy (non-hydrogen) atoms. The quantitative estimate of drug-likeness (QED) is 0.835. The lowest BCUT2D eigenvalue weighted by Crippen LogP contribution is -2.53. The van der Waals surface area contributed by atoms with Gasteiger partial charge in [0.2, 0.25) is 11.8 Å². The van der Waals surface area contributed by atoms with E-state index in [0.29, 0.717) is 25.9 Å². The molecule has 2 aliphatic heterocycles. The van der Waals surface area contributed by atoms with Crippen molar-refractivity contribution in [1.29, 1.82) is 0 Å². The lowest BCUT2D eigenvalue weighted by molar-refractivity contribution is -0.143. The van der Waals surface area contributed by atoms with Gasteiger partial charge in [0.15, 0.2) is 5.13 Å². The fourth-order valence-corrected chi connectivity index (χ4v) is 3.87. The van der Waals surface area contributed by atoms with Crippen molar-refractivity contribution in [3.63, 3.8) is 0 Å². The number of thiazole rings is 1. The van der Waals surface area contributed by atoms with Crippen LogP contribution in [-0.2, 0) is 9.59 Å². The standard InChI is InChI=1S/C15H22N4O2S/c1-2-17-11-12(3-4-13(17)20)14(21)18-6-8-19(9-7-18)15-16-5-10-22-15/h5,10,12H,2-4,6-9,11H2,1H3/t12-/m1/s1. The van der Waals surface area contributed by atoms with Gasteiger partial charge in [0, 0.05) is 57.3 Å². The number of carbonyl (C=O) groups is 2. The van der Waals surface area contributed by atoms with Crippen molar-refractivity contribution in [1.82, 2.24) is 14.8 Å². The summed E-state index contributed by atoms with van der Waals surface area (Å²) in [6, 6.07) is 0. The number of piperazine rings is 1. The number of aromatic nitrogens is 1. The van der Waals surface area contributed by atoms with E-state index in [2.05, 4.69) is 9.88 Å². The molecule has 6 nitrogen and oxygen atoms in total. The Labute approximate surface area is 134 Å². The van der Waals surface area contributed by atoms with E-state index >= 15 is 0 Å². The minimum atomic E-state index is -0.0240. The van der Waals surface area contributed by atoms with Crippen molar-refractivity contribution in [3.05, 3.63) is 11.6 Å². The molecule has 0 unspecified atom stereocenters. The van der Waals surface area contributed by atoms with Crippen LogP contribution in [0.4, 0.5) is 5.13 Å². The van der Waals surface area contributed by atoms with Gasteiger partial charge >= 0.3 is 0 Å². The van der Waals surface area contributed by atoms with E-state index in [-0.39, 0.29) is 17.7 Å². The van der Waals surface area contributed by atoms with Gasteiger partial charge in [-0.05, 0) is 13.3 Å². The minimum Gasteiger partial charge on any atom is -0.345 e. The maximum atomic E-state index is 12.7. The van der Waals surface area contributed by atoms with Gasteiger partial charge in [-0.3, -0.25) is 9.59 Å². The second-order valence-corrected chi connectivity index (χ2v) is 6.67. The van der Waals surface area contributed by atoms with E-state index in [1.807, 2.05) is 23.4 Å². The number of carbonyl (C=O) groups excluding carboxylic acids is 2. The molecule has 0 aliphatic carbocycles. The molecular weight excluding hydrogens is 300 g/mol. The molecule has 1 aromatic rings. The van der Waals surface area contributed by atoms with Crippen LogP contribution < -0.4 is 4.90 Å². The van der Waals surface area contributed by atoms with Crippen LogP contribution in [0.25, 0.3) is 0 Å². The highest BCUT2D eigenvalue weighted by molar-refractivity contribution is 7.13. The predicted octanol–water partition coefficient (Wildman–Crippen LogP) is 1.05. The maximum Gasteiger partial charge on any atom is 0.227 e. The molecular formula is C15H22N4O2S. The summed E-state index contributed by atoms with van der Waals surface area (Å²) in [6.07, 6.45) is 3.01. The second-order valence-electron chi connectivity index (χ2n) is 5.79. The Balaban J connectivity index is 1.54. The molecule has 0 saturated carbocycles. The highest BCUT2D eigenvalue weighted by Gasteiger charge is 2.33. The van der Waals surface area contributed by atoms with Crippen molar-refractivity contribution < 1.29 is 9.59 Å². The van der Waals surface area contributed by atoms with Crippen LogP contribution in [0, 0.1) is 5.92 Å². The summed E-state index contributed by atoms with van der Waals surface area (Å²) < 4.78 is 0. The summed E-state index contributed by atoms with van der Waals surface area (Å²) in [4.78, 5) is 34.7. The highest BCUT2D eigenvalue weighted by Crippen LogP contribution is 2.22. The Morgan fingerprint density at radius 3 is 2.77 bits per heavy atom. The zero-order valence-electron chi connectivity index (χ0n) is 12.9. The topological polar surface area (TPSA) is 56.8 Å². The molecule has 0 aromatic carbocycles. The Morgan fingerprint density at radius 1 is 1.36 bits per heavy atom. The number of amides is 2. The highest BCUT2D eigenvalue weighted by atomic mass is 32.1. The molecule has 2 fully saturated rings. The Bertz CT molecular complexity index is 526. The third kappa shape index (κ3) is 3.09. The molecule has 1 atom stereocenters. The normalized spacial score (nSPS) is 23.0. The molecule has 120 valence electrons. The number of rotatable bonds is 3. The fraction of sp³-hybridized carbons (Fsp3) is 0.667. The summed E-state index contributed by atoms with van der Waals surface area (Å²) in [7, 11) is 0. The van der Waals surface area contributed by atoms with Gasteiger partial charge in [-0.15, -0.1) is 11.3 Å². The number of likely N-dealkylation sites (tertiary alicyclic amines) is 1. The lowest BCUT2D eigenvalue weighted by Gasteiger charge is -2.38. The average Bonchev–Trinajstić information content (AvgIpc) is 3.09. The van der Waals surface area contributed by atoms with Crippen molar-refractivity contribution in [2.24, 2.45) is 5.92 Å². The smallest absolute Gasteiger partial charge is 0.227 e. The Kier molecular flexibility index (Phi) is 4.61. The van der Waals surface area contributed by atoms with Crippen LogP contribution in [0.1, 0.15) is 19.8 Å². The first-order valence-electron chi connectivity index (χ1n) is 7.90. The van der Waals surface area contributed by atoms with E-state index < -0.39 is 0 Å². The zero-order chi connectivity index (χ0) is 15.5. The van der Waals surface area contributed by atoms with Gasteiger partial charge < -0.3 is 14.7 Å². The second kappa shape index (κ2) is 6.64. The Morgan fingerprint density at radius 2 is 2.14 bits per heavy atom. The van der Waals surface area contributed by atoms with E-state index in [9.17, 15) is 9.59 Å². The molecule has 2 amide bonds. The number of anilines is 1. The molecule has 0 radical (unpaired) electrons. The summed E-state index contributed by atoms with van der Waals surface area (Å²) in [5.74, 6) is 0.369. The predicted molar refractivity (Wildman–Crippen MR) is 85.9 cm³/mol. The molecule has 2 aliphatic rings. The zero-order valence-corrected chi connectivity index (χ0v) is 13.7. The third-order valence-corrected chi connectivity index (χ3v) is 5.34. The van der Waals surface area contributed by atoms with Crippen LogP contribution in [0.15, 0.2) is 11.6 Å². The van der Waals surface area contributed by atoms with Crippen molar-refractivity contribution in [2.75, 3.05) is 44.2 Å². The Hall–Kier alpha value is -1.63. The fourth-order valence-electron chi connectivity index (χ4n) is 3.17. The molecule has 2 saturated heterocycles. The number of hydrogen-bond acceptors (Lipinski definition) is 5. The van der Waals surface area contributed by atoms with Gasteiger partial charge in [-0.2, -0.15) is 0 Å². The molecule has 0 N–H and O–H groups in total. The van der Waals surface area contributed by atoms with Crippen LogP contribution in [0.5, 0.6) is 0 Å². The molecule has 0 bridgehead atoms. The van der Waals surface area contributed by atoms with Crippen LogP contribution >= 0.6 is 11.3 Å². The lowest BCUT2D eigenvalue weighted by atomic mass is 9.95. The SMILES string of the molecule is CCN1C[C@H](C(=O)N2CCN(c3nccs3)CC2)CCC1=O. The minimum absolute atomic E-state index is 0.0240. The van der Waals surface area contributed by atoms with Crippen molar-refractivity contribution in [3.8, 4) is 0 Å². The number of piperidine rings is 1. The number of hydrogen-bond donors (Lipinski definition) is 0. The molecule has 7 heteroatoms. The van der Waals surface area contributed by atoms with Crippen LogP contribution in [0.3, 0.4) is 0 Å². The van der Waals surface area contributed by atoms with Gasteiger partial charge in [-0.1, -0.05) is 0 Å². The van der Waals surface area contributed by atoms with Crippen molar-refractivity contribution in [2.45, 2.75) is 19.8 Å². The largest absolute Gasteiger partial charge is 0.345 e. The number of nitrogens with zero attached hydrogens (tertiary/aromatic N) is 4. The molecule has 3 rings (SSSR count). The first-order valence-corrected chi connectivity index (χ1v) is 8.78. The van der Waals surface area contributed by atoms with E-state index in [4.69, 9.17) is 0 Å². The summed E-state index contributed by atoms with van der Waals surface area (Å²) in [5, 5.41) is 3.01. The van der Waals surface area contributed by atoms with Crippen LogP contribution in [0.2, 0.25) is 0 Å². The molecule has 1 aromatic heterocycles. The van der Waals surface area contributed by atoms with E-state index in [1.54, 1.807) is 16.2 Å².